The van der Waals surface area contributed by atoms with E-state index in [4.69, 9.17) is 14.2 Å². The minimum absolute atomic E-state index is 0.270. The van der Waals surface area contributed by atoms with Crippen LogP contribution in [0.4, 0.5) is 0 Å². The lowest BCUT2D eigenvalue weighted by atomic mass is 10.3. The monoisotopic (exact) mass is 379 g/mol. The van der Waals surface area contributed by atoms with Crippen molar-refractivity contribution in [1.29, 1.82) is 0 Å². The van der Waals surface area contributed by atoms with Gasteiger partial charge in [-0.25, -0.2) is 9.59 Å². The minimum atomic E-state index is -0.471. The average molecular weight is 379 g/mol. The number of carbonyl (C=O) groups excluding carboxylic acids is 2. The van der Waals surface area contributed by atoms with Crippen LogP contribution in [0.3, 0.4) is 0 Å². The predicted molar refractivity (Wildman–Crippen MR) is 102 cm³/mol. The fraction of sp³-hybridized carbons (Fsp3) is 0.368. The summed E-state index contributed by atoms with van der Waals surface area (Å²) in [7, 11) is 5.07. The van der Waals surface area contributed by atoms with Gasteiger partial charge in [0.05, 0.1) is 20.3 Å². The molecule has 0 aliphatic rings. The lowest BCUT2D eigenvalue weighted by Gasteiger charge is -2.16. The molecule has 1 rings (SSSR count). The second-order valence-corrected chi connectivity index (χ2v) is 6.37. The summed E-state index contributed by atoms with van der Waals surface area (Å²) in [6.45, 7) is 4.03. The van der Waals surface area contributed by atoms with Crippen molar-refractivity contribution in [2.45, 2.75) is 18.7 Å². The Hall–Kier alpha value is -2.41. The topological polar surface area (TPSA) is 65.1 Å². The average Bonchev–Trinajstić information content (AvgIpc) is 2.60. The van der Waals surface area contributed by atoms with E-state index in [1.54, 1.807) is 46.0 Å². The van der Waals surface area contributed by atoms with Gasteiger partial charge in [-0.15, -0.1) is 0 Å². The van der Waals surface area contributed by atoms with Crippen molar-refractivity contribution in [3.63, 3.8) is 0 Å². The van der Waals surface area contributed by atoms with E-state index in [0.717, 1.165) is 10.6 Å². The Balaban J connectivity index is 3.19. The predicted octanol–water partition coefficient (Wildman–Crippen LogP) is 3.24. The van der Waals surface area contributed by atoms with E-state index in [0.29, 0.717) is 10.6 Å². The van der Waals surface area contributed by atoms with E-state index in [-0.39, 0.29) is 13.2 Å². The molecule has 0 aliphatic heterocycles. The van der Waals surface area contributed by atoms with Crippen LogP contribution < -0.4 is 4.74 Å². The molecule has 0 amide bonds. The summed E-state index contributed by atoms with van der Waals surface area (Å²) >= 11 is 1.34. The highest BCUT2D eigenvalue weighted by Gasteiger charge is 2.15. The van der Waals surface area contributed by atoms with Crippen LogP contribution in [-0.4, -0.2) is 51.3 Å². The van der Waals surface area contributed by atoms with Gasteiger partial charge < -0.3 is 19.1 Å². The molecular formula is C19H25NO5S. The maximum Gasteiger partial charge on any atom is 0.354 e. The number of esters is 2. The zero-order chi connectivity index (χ0) is 19.5. The number of likely N-dealkylation sites (N-methyl/N-ethyl adjacent to an activating group) is 1. The van der Waals surface area contributed by atoms with Gasteiger partial charge in [0.2, 0.25) is 0 Å². The van der Waals surface area contributed by atoms with Crippen LogP contribution in [0, 0.1) is 0 Å². The molecule has 0 atom stereocenters. The van der Waals surface area contributed by atoms with Crippen molar-refractivity contribution >= 4 is 23.7 Å². The van der Waals surface area contributed by atoms with Gasteiger partial charge in [0.25, 0.3) is 0 Å². The molecule has 0 aromatic heterocycles. The molecule has 0 saturated heterocycles. The molecule has 142 valence electrons. The molecule has 0 heterocycles. The maximum absolute atomic E-state index is 12.2. The molecule has 0 fully saturated rings. The summed E-state index contributed by atoms with van der Waals surface area (Å²) in [6, 6.07) is 7.39. The second-order valence-electron chi connectivity index (χ2n) is 5.22. The lowest BCUT2D eigenvalue weighted by Crippen LogP contribution is -2.21. The molecular weight excluding hydrogens is 354 g/mol. The molecule has 0 spiro atoms. The number of nitrogens with zero attached hydrogens (tertiary/aromatic N) is 1. The van der Waals surface area contributed by atoms with E-state index in [1.807, 2.05) is 24.3 Å². The summed E-state index contributed by atoms with van der Waals surface area (Å²) in [5.41, 5.74) is 0.336. The van der Waals surface area contributed by atoms with Crippen LogP contribution in [0.1, 0.15) is 13.8 Å². The van der Waals surface area contributed by atoms with Gasteiger partial charge in [-0.2, -0.15) is 0 Å². The quantitative estimate of drug-likeness (QED) is 0.282. The first-order valence-corrected chi connectivity index (χ1v) is 8.99. The van der Waals surface area contributed by atoms with Crippen LogP contribution in [0.25, 0.3) is 0 Å². The number of ether oxygens (including phenoxy) is 3. The molecule has 0 bridgehead atoms. The summed E-state index contributed by atoms with van der Waals surface area (Å²) in [5, 5.41) is 0. The van der Waals surface area contributed by atoms with Crippen LogP contribution in [-0.2, 0) is 19.1 Å². The van der Waals surface area contributed by atoms with Crippen molar-refractivity contribution in [3.05, 3.63) is 47.0 Å². The van der Waals surface area contributed by atoms with Gasteiger partial charge in [0, 0.05) is 30.0 Å². The van der Waals surface area contributed by atoms with Gasteiger partial charge in [-0.1, -0.05) is 11.8 Å². The molecule has 7 heteroatoms. The van der Waals surface area contributed by atoms with Gasteiger partial charge in [0.15, 0.2) is 0 Å². The molecule has 0 unspecified atom stereocenters. The Bertz CT molecular complexity index is 665. The second kappa shape index (κ2) is 11.3. The van der Waals surface area contributed by atoms with Crippen molar-refractivity contribution in [2.24, 2.45) is 0 Å². The Labute approximate surface area is 158 Å². The Morgan fingerprint density at radius 3 is 2.15 bits per heavy atom. The minimum Gasteiger partial charge on any atom is -0.497 e. The zero-order valence-electron chi connectivity index (χ0n) is 15.8. The molecule has 0 N–H and O–H groups in total. The zero-order valence-corrected chi connectivity index (χ0v) is 16.6. The number of carbonyl (C=O) groups is 2. The normalized spacial score (nSPS) is 11.7. The summed E-state index contributed by atoms with van der Waals surface area (Å²) in [6.07, 6.45) is 2.98. The van der Waals surface area contributed by atoms with Crippen molar-refractivity contribution in [3.8, 4) is 5.75 Å². The van der Waals surface area contributed by atoms with E-state index in [9.17, 15) is 9.59 Å². The van der Waals surface area contributed by atoms with Gasteiger partial charge >= 0.3 is 11.9 Å². The first-order chi connectivity index (χ1) is 12.4. The van der Waals surface area contributed by atoms with Crippen molar-refractivity contribution in [1.82, 2.24) is 4.90 Å². The fourth-order valence-corrected chi connectivity index (χ4v) is 2.76. The summed E-state index contributed by atoms with van der Waals surface area (Å²) in [4.78, 5) is 27.2. The van der Waals surface area contributed by atoms with Crippen LogP contribution in [0.2, 0.25) is 0 Å². The van der Waals surface area contributed by atoms with Gasteiger partial charge in [0.1, 0.15) is 11.4 Å². The van der Waals surface area contributed by atoms with E-state index in [1.165, 1.54) is 17.8 Å². The fourth-order valence-electron chi connectivity index (χ4n) is 1.89. The number of benzene rings is 1. The van der Waals surface area contributed by atoms with Crippen LogP contribution in [0.5, 0.6) is 5.75 Å². The highest BCUT2D eigenvalue weighted by atomic mass is 32.2. The van der Waals surface area contributed by atoms with Gasteiger partial charge in [-0.3, -0.25) is 0 Å². The standard InChI is InChI=1S/C19H25NO5S/c1-6-24-18(21)13-16(12-17(20(3)4)19(22)25-7-2)26-15-10-8-14(23-5)9-11-15/h8-13H,6-7H2,1-5H3. The third kappa shape index (κ3) is 7.23. The molecule has 6 nitrogen and oxygen atoms in total. The van der Waals surface area contributed by atoms with E-state index >= 15 is 0 Å². The van der Waals surface area contributed by atoms with Crippen LogP contribution >= 0.6 is 11.8 Å². The first-order valence-electron chi connectivity index (χ1n) is 8.17. The highest BCUT2D eigenvalue weighted by Crippen LogP contribution is 2.30. The molecule has 0 aliphatic carbocycles. The molecule has 0 saturated carbocycles. The number of methoxy groups -OCH3 is 1. The Kier molecular flexibility index (Phi) is 9.36. The van der Waals surface area contributed by atoms with Crippen molar-refractivity contribution in [2.75, 3.05) is 34.4 Å². The molecule has 26 heavy (non-hydrogen) atoms. The van der Waals surface area contributed by atoms with E-state index in [2.05, 4.69) is 0 Å². The number of allylic oxidation sites excluding steroid dienone is 1. The highest BCUT2D eigenvalue weighted by molar-refractivity contribution is 8.03. The Morgan fingerprint density at radius 2 is 1.65 bits per heavy atom. The smallest absolute Gasteiger partial charge is 0.354 e. The summed E-state index contributed by atoms with van der Waals surface area (Å²) in [5.74, 6) is -0.189. The number of rotatable bonds is 9. The maximum atomic E-state index is 12.2. The first kappa shape index (κ1) is 21.6. The van der Waals surface area contributed by atoms with Crippen LogP contribution in [0.15, 0.2) is 51.9 Å². The van der Waals surface area contributed by atoms with E-state index < -0.39 is 11.9 Å². The largest absolute Gasteiger partial charge is 0.497 e. The third-order valence-electron chi connectivity index (χ3n) is 3.09. The van der Waals surface area contributed by atoms with Crippen molar-refractivity contribution < 1.29 is 23.8 Å². The van der Waals surface area contributed by atoms with Gasteiger partial charge in [-0.05, 0) is 44.2 Å². The Morgan fingerprint density at radius 1 is 1.04 bits per heavy atom. The number of hydrogen-bond acceptors (Lipinski definition) is 7. The molecule has 0 radical (unpaired) electrons. The number of thioether (sulfide) groups is 1. The molecule has 1 aromatic carbocycles. The third-order valence-corrected chi connectivity index (χ3v) is 4.07. The molecule has 1 aromatic rings. The SMILES string of the molecule is CCOC(=O)C=C(C=C(C(=O)OCC)N(C)C)Sc1ccc(OC)cc1. The summed E-state index contributed by atoms with van der Waals surface area (Å²) < 4.78 is 15.2. The lowest BCUT2D eigenvalue weighted by molar-refractivity contribution is -0.140. The number of hydrogen-bond donors (Lipinski definition) is 0.